The van der Waals surface area contributed by atoms with Crippen molar-refractivity contribution in [2.45, 2.75) is 37.1 Å². The Morgan fingerprint density at radius 1 is 1.55 bits per heavy atom. The third-order valence-corrected chi connectivity index (χ3v) is 3.80. The molecule has 0 fully saturated rings. The van der Waals surface area contributed by atoms with Gasteiger partial charge in [-0.2, -0.15) is 0 Å². The highest BCUT2D eigenvalue weighted by Crippen LogP contribution is 2.23. The van der Waals surface area contributed by atoms with Crippen LogP contribution in [-0.2, 0) is 16.0 Å². The molecule has 0 aliphatic heterocycles. The normalized spacial score (nSPS) is 12.6. The van der Waals surface area contributed by atoms with Gasteiger partial charge in [0.05, 0.1) is 7.11 Å². The molecule has 2 rings (SSSR count). The van der Waals surface area contributed by atoms with Crippen LogP contribution in [0.1, 0.15) is 26.0 Å². The van der Waals surface area contributed by atoms with Gasteiger partial charge in [-0.15, -0.1) is 10.2 Å². The third kappa shape index (κ3) is 2.84. The largest absolute Gasteiger partial charge is 0.468 e. The van der Waals surface area contributed by atoms with Crippen molar-refractivity contribution in [1.82, 2.24) is 19.6 Å². The van der Waals surface area contributed by atoms with Gasteiger partial charge < -0.3 is 4.74 Å². The Balaban J connectivity index is 2.44. The minimum atomic E-state index is -0.395. The molecule has 0 aliphatic carbocycles. The predicted octanol–water partition coefficient (Wildman–Crippen LogP) is 1.02. The lowest BCUT2D eigenvalue weighted by atomic mass is 10.2. The summed E-state index contributed by atoms with van der Waals surface area (Å²) in [5.74, 6) is 0.0636. The second-order valence-corrected chi connectivity index (χ2v) is 5.61. The Labute approximate surface area is 119 Å². The van der Waals surface area contributed by atoms with E-state index in [1.165, 1.54) is 24.9 Å². The molecule has 7 nitrogen and oxygen atoms in total. The van der Waals surface area contributed by atoms with E-state index < -0.39 is 5.25 Å². The molecule has 20 heavy (non-hydrogen) atoms. The molecule has 0 bridgehead atoms. The number of aromatic amines is 1. The first-order valence-corrected chi connectivity index (χ1v) is 7.16. The van der Waals surface area contributed by atoms with Gasteiger partial charge in [0.2, 0.25) is 5.78 Å². The maximum Gasteiger partial charge on any atom is 0.318 e. The van der Waals surface area contributed by atoms with Gasteiger partial charge in [-0.1, -0.05) is 25.1 Å². The number of carbonyl (C=O) groups excluding carboxylic acids is 1. The van der Waals surface area contributed by atoms with Crippen molar-refractivity contribution in [1.29, 1.82) is 0 Å². The third-order valence-electron chi connectivity index (χ3n) is 2.77. The maximum atomic E-state index is 11.5. The molecule has 0 unspecified atom stereocenters. The number of hydrogen-bond donors (Lipinski definition) is 1. The van der Waals surface area contributed by atoms with Gasteiger partial charge in [-0.25, -0.2) is 0 Å². The number of thioether (sulfide) groups is 1. The number of ether oxygens (including phenoxy) is 1. The summed E-state index contributed by atoms with van der Waals surface area (Å²) in [6, 6.07) is 1.53. The van der Waals surface area contributed by atoms with E-state index in [-0.39, 0.29) is 11.5 Å². The van der Waals surface area contributed by atoms with Crippen molar-refractivity contribution in [3.05, 3.63) is 22.1 Å². The number of hydrogen-bond acceptors (Lipinski definition) is 6. The number of fused-ring (bicyclic) bond motifs is 1. The molecule has 2 heterocycles. The van der Waals surface area contributed by atoms with E-state index in [0.717, 1.165) is 18.5 Å². The van der Waals surface area contributed by atoms with E-state index in [1.54, 1.807) is 11.3 Å². The molecule has 108 valence electrons. The molecule has 0 saturated heterocycles. The molecule has 1 N–H and O–H groups in total. The predicted molar refractivity (Wildman–Crippen MR) is 74.9 cm³/mol. The molecule has 0 saturated carbocycles. The van der Waals surface area contributed by atoms with Gasteiger partial charge in [0.15, 0.2) is 5.16 Å². The van der Waals surface area contributed by atoms with Crippen molar-refractivity contribution in [2.75, 3.05) is 7.11 Å². The van der Waals surface area contributed by atoms with E-state index in [4.69, 9.17) is 4.74 Å². The number of aromatic nitrogens is 4. The number of nitrogens with one attached hydrogen (secondary N) is 1. The van der Waals surface area contributed by atoms with Gasteiger partial charge in [0.1, 0.15) is 5.25 Å². The number of nitrogens with zero attached hydrogens (tertiary/aromatic N) is 3. The minimum Gasteiger partial charge on any atom is -0.468 e. The van der Waals surface area contributed by atoms with Crippen LogP contribution in [-0.4, -0.2) is 37.9 Å². The number of esters is 1. The van der Waals surface area contributed by atoms with Crippen LogP contribution in [0.3, 0.4) is 0 Å². The summed E-state index contributed by atoms with van der Waals surface area (Å²) in [4.78, 5) is 25.7. The quantitative estimate of drug-likeness (QED) is 0.654. The summed E-state index contributed by atoms with van der Waals surface area (Å²) in [7, 11) is 1.35. The van der Waals surface area contributed by atoms with E-state index in [1.807, 2.05) is 6.92 Å². The summed E-state index contributed by atoms with van der Waals surface area (Å²) in [5.41, 5.74) is 0.627. The van der Waals surface area contributed by atoms with Crippen molar-refractivity contribution in [2.24, 2.45) is 0 Å². The van der Waals surface area contributed by atoms with E-state index in [2.05, 4.69) is 15.2 Å². The Bertz CT molecular complexity index is 679. The zero-order chi connectivity index (χ0) is 14.7. The first-order valence-electron chi connectivity index (χ1n) is 6.28. The first-order chi connectivity index (χ1) is 9.56. The molecule has 0 amide bonds. The van der Waals surface area contributed by atoms with Crippen molar-refractivity contribution >= 4 is 23.5 Å². The molecule has 0 radical (unpaired) electrons. The van der Waals surface area contributed by atoms with Crippen LogP contribution in [0.5, 0.6) is 0 Å². The number of methoxy groups -OCH3 is 1. The van der Waals surface area contributed by atoms with Gasteiger partial charge in [-0.3, -0.25) is 19.0 Å². The van der Waals surface area contributed by atoms with Crippen LogP contribution in [0.2, 0.25) is 0 Å². The van der Waals surface area contributed by atoms with E-state index in [0.29, 0.717) is 10.9 Å². The van der Waals surface area contributed by atoms with Gasteiger partial charge in [0, 0.05) is 11.8 Å². The lowest BCUT2D eigenvalue weighted by Crippen LogP contribution is -2.16. The lowest BCUT2D eigenvalue weighted by molar-refractivity contribution is -0.139. The lowest BCUT2D eigenvalue weighted by Gasteiger charge is -2.09. The van der Waals surface area contributed by atoms with Gasteiger partial charge in [0.25, 0.3) is 5.56 Å². The smallest absolute Gasteiger partial charge is 0.318 e. The molecule has 1 atom stereocenters. The van der Waals surface area contributed by atoms with Crippen LogP contribution in [0.15, 0.2) is 16.0 Å². The van der Waals surface area contributed by atoms with E-state index >= 15 is 0 Å². The highest BCUT2D eigenvalue weighted by molar-refractivity contribution is 8.00. The van der Waals surface area contributed by atoms with Crippen molar-refractivity contribution in [3.63, 3.8) is 0 Å². The topological polar surface area (TPSA) is 89.4 Å². The fraction of sp³-hybridized carbons (Fsp3) is 0.500. The standard InChI is InChI=1S/C12H16N4O3S/c1-4-5-8-6-9(17)13-11-14-15-12(16(8)11)20-7(2)10(18)19-3/h6-7H,4-5H2,1-3H3,(H,13,14,17)/t7-/m0/s1. The Morgan fingerprint density at radius 3 is 2.95 bits per heavy atom. The van der Waals surface area contributed by atoms with Crippen molar-refractivity contribution in [3.8, 4) is 0 Å². The fourth-order valence-electron chi connectivity index (χ4n) is 1.86. The number of rotatable bonds is 5. The van der Waals surface area contributed by atoms with Gasteiger partial charge in [-0.05, 0) is 13.3 Å². The Kier molecular flexibility index (Phi) is 4.43. The Morgan fingerprint density at radius 2 is 2.30 bits per heavy atom. The number of aryl methyl sites for hydroxylation is 1. The highest BCUT2D eigenvalue weighted by Gasteiger charge is 2.19. The number of carbonyl (C=O) groups is 1. The molecule has 8 heteroatoms. The molecule has 2 aromatic rings. The zero-order valence-corrected chi connectivity index (χ0v) is 12.4. The highest BCUT2D eigenvalue weighted by atomic mass is 32.2. The van der Waals surface area contributed by atoms with Crippen LogP contribution in [0, 0.1) is 0 Å². The van der Waals surface area contributed by atoms with Crippen LogP contribution in [0.4, 0.5) is 0 Å². The molecule has 0 aromatic carbocycles. The summed E-state index contributed by atoms with van der Waals surface area (Å²) < 4.78 is 6.47. The zero-order valence-electron chi connectivity index (χ0n) is 11.5. The summed E-state index contributed by atoms with van der Waals surface area (Å²) in [6.07, 6.45) is 1.63. The summed E-state index contributed by atoms with van der Waals surface area (Å²) in [6.45, 7) is 3.77. The molecule has 2 aromatic heterocycles. The van der Waals surface area contributed by atoms with Gasteiger partial charge >= 0.3 is 5.97 Å². The van der Waals surface area contributed by atoms with Crippen LogP contribution < -0.4 is 5.56 Å². The summed E-state index contributed by atoms with van der Waals surface area (Å²) >= 11 is 1.25. The molecular weight excluding hydrogens is 280 g/mol. The summed E-state index contributed by atoms with van der Waals surface area (Å²) in [5, 5.41) is 8.15. The Hall–Kier alpha value is -1.83. The van der Waals surface area contributed by atoms with Crippen molar-refractivity contribution < 1.29 is 9.53 Å². The molecular formula is C12H16N4O3S. The molecule has 0 aliphatic rings. The minimum absolute atomic E-state index is 0.203. The first kappa shape index (κ1) is 14.6. The SMILES string of the molecule is CCCc1cc(=O)[nH]c2nnc(S[C@@H](C)C(=O)OC)n12. The monoisotopic (exact) mass is 296 g/mol. The van der Waals surface area contributed by atoms with Crippen LogP contribution >= 0.6 is 11.8 Å². The average molecular weight is 296 g/mol. The maximum absolute atomic E-state index is 11.5. The molecule has 0 spiro atoms. The fourth-order valence-corrected chi connectivity index (χ4v) is 2.77. The second-order valence-electron chi connectivity index (χ2n) is 4.30. The average Bonchev–Trinajstić information content (AvgIpc) is 2.81. The number of H-pyrrole nitrogens is 1. The second kappa shape index (κ2) is 6.08. The van der Waals surface area contributed by atoms with Crippen LogP contribution in [0.25, 0.3) is 5.78 Å². The van der Waals surface area contributed by atoms with E-state index in [9.17, 15) is 9.59 Å².